The van der Waals surface area contributed by atoms with Gasteiger partial charge in [-0.1, -0.05) is 11.0 Å². The lowest BCUT2D eigenvalue weighted by atomic mass is 9.30. The molecule has 14 heavy (non-hydrogen) atoms. The van der Waals surface area contributed by atoms with Gasteiger partial charge >= 0.3 is 0 Å². The molecule has 1 rings (SSSR count). The molecule has 1 heterocycles. The number of nitrogens with zero attached hydrogens (tertiary/aromatic N) is 1. The maximum Gasteiger partial charge on any atom is 0.116 e. The van der Waals surface area contributed by atoms with E-state index in [2.05, 4.69) is 64.9 Å². The molecule has 6 heteroatoms. The standard InChI is InChI=1S/C8H22B5N/c1-6(2,3)14-4-5(9)7(10,11)8(14,12)13/h5H,4,9-13H2,1-3H3. The van der Waals surface area contributed by atoms with Crippen LogP contribution < -0.4 is 0 Å². The zero-order chi connectivity index (χ0) is 11.4. The fourth-order valence-corrected chi connectivity index (χ4v) is 2.79. The summed E-state index contributed by atoms with van der Waals surface area (Å²) in [6.45, 7) is 8.19. The van der Waals surface area contributed by atoms with E-state index in [1.54, 1.807) is 0 Å². The lowest BCUT2D eigenvalue weighted by molar-refractivity contribution is 0.136. The summed E-state index contributed by atoms with van der Waals surface area (Å²) in [7, 11) is 12.0. The molecule has 1 fully saturated rings. The molecule has 1 aliphatic rings. The van der Waals surface area contributed by atoms with Gasteiger partial charge in [-0.2, -0.15) is 0 Å². The van der Waals surface area contributed by atoms with Gasteiger partial charge in [-0.25, -0.2) is 0 Å². The third kappa shape index (κ3) is 1.60. The zero-order valence-corrected chi connectivity index (χ0v) is 11.2. The SMILES string of the molecule is BC1CN(C(C)(C)C)C(B)(B)C1(B)B. The van der Waals surface area contributed by atoms with Crippen LogP contribution in [0.4, 0.5) is 0 Å². The Morgan fingerprint density at radius 2 is 1.57 bits per heavy atom. The highest BCUT2D eigenvalue weighted by Crippen LogP contribution is 2.51. The smallest absolute Gasteiger partial charge is 0.116 e. The van der Waals surface area contributed by atoms with Gasteiger partial charge in [0.1, 0.15) is 23.5 Å². The first-order valence-corrected chi connectivity index (χ1v) is 5.79. The van der Waals surface area contributed by atoms with Gasteiger partial charge in [0.05, 0.1) is 15.7 Å². The van der Waals surface area contributed by atoms with E-state index in [1.807, 2.05) is 0 Å². The first kappa shape index (κ1) is 12.4. The predicted molar refractivity (Wildman–Crippen MR) is 78.4 cm³/mol. The molecule has 0 amide bonds. The highest BCUT2D eigenvalue weighted by molar-refractivity contribution is 6.57. The van der Waals surface area contributed by atoms with E-state index < -0.39 is 0 Å². The molecule has 0 bridgehead atoms. The first-order valence-electron chi connectivity index (χ1n) is 5.79. The third-order valence-electron chi connectivity index (χ3n) is 4.75. The van der Waals surface area contributed by atoms with Crippen molar-refractivity contribution in [2.75, 3.05) is 6.54 Å². The summed E-state index contributed by atoms with van der Waals surface area (Å²) in [6.07, 6.45) is 0. The van der Waals surface area contributed by atoms with Gasteiger partial charge in [-0.3, -0.25) is 0 Å². The van der Waals surface area contributed by atoms with Crippen molar-refractivity contribution in [2.24, 2.45) is 0 Å². The van der Waals surface area contributed by atoms with Gasteiger partial charge in [-0.15, -0.1) is 0 Å². The van der Waals surface area contributed by atoms with Crippen molar-refractivity contribution >= 4 is 39.2 Å². The molecule has 0 aromatic heterocycles. The number of rotatable bonds is 0. The van der Waals surface area contributed by atoms with Gasteiger partial charge in [0.15, 0.2) is 0 Å². The Morgan fingerprint density at radius 3 is 1.71 bits per heavy atom. The van der Waals surface area contributed by atoms with E-state index in [1.165, 1.54) is 6.54 Å². The molecule has 0 N–H and O–H groups in total. The van der Waals surface area contributed by atoms with Gasteiger partial charge < -0.3 is 4.90 Å². The van der Waals surface area contributed by atoms with E-state index in [9.17, 15) is 0 Å². The lowest BCUT2D eigenvalue weighted by Gasteiger charge is -2.49. The van der Waals surface area contributed by atoms with Crippen LogP contribution in [-0.2, 0) is 0 Å². The van der Waals surface area contributed by atoms with Crippen LogP contribution in [0, 0.1) is 0 Å². The highest BCUT2D eigenvalue weighted by atomic mass is 15.3. The van der Waals surface area contributed by atoms with E-state index in [0.29, 0.717) is 10.6 Å². The van der Waals surface area contributed by atoms with Crippen LogP contribution in [0.3, 0.4) is 0 Å². The minimum Gasteiger partial charge on any atom is -0.310 e. The molecule has 1 atom stereocenters. The van der Waals surface area contributed by atoms with Crippen LogP contribution in [0.1, 0.15) is 20.8 Å². The van der Waals surface area contributed by atoms with E-state index in [-0.39, 0.29) is 5.54 Å². The zero-order valence-electron chi connectivity index (χ0n) is 11.2. The summed E-state index contributed by atoms with van der Waals surface area (Å²) in [5.41, 5.74) is 0.283. The maximum atomic E-state index is 2.66. The lowest BCUT2D eigenvalue weighted by Crippen LogP contribution is -2.59. The van der Waals surface area contributed by atoms with E-state index >= 15 is 0 Å². The molecule has 0 spiro atoms. The van der Waals surface area contributed by atoms with Crippen molar-refractivity contribution < 1.29 is 0 Å². The Labute approximate surface area is 93.8 Å². The second-order valence-corrected chi connectivity index (χ2v) is 6.96. The van der Waals surface area contributed by atoms with Crippen LogP contribution >= 0.6 is 0 Å². The first-order chi connectivity index (χ1) is 6.01. The van der Waals surface area contributed by atoms with Crippen molar-refractivity contribution in [1.29, 1.82) is 0 Å². The Morgan fingerprint density at radius 1 is 1.14 bits per heavy atom. The largest absolute Gasteiger partial charge is 0.310 e. The van der Waals surface area contributed by atoms with Gasteiger partial charge in [0, 0.05) is 5.54 Å². The topological polar surface area (TPSA) is 3.24 Å². The predicted octanol–water partition coefficient (Wildman–Crippen LogP) is -3.18. The molecule has 1 unspecified atom stereocenters. The molecule has 0 aliphatic carbocycles. The Kier molecular flexibility index (Phi) is 2.77. The molecular formula is C8H22B5N. The number of hydrogen-bond donors (Lipinski definition) is 0. The monoisotopic (exact) mass is 187 g/mol. The third-order valence-corrected chi connectivity index (χ3v) is 4.75. The van der Waals surface area contributed by atoms with Crippen LogP contribution in [0.5, 0.6) is 0 Å². The minimum absolute atomic E-state index is 0.283. The van der Waals surface area contributed by atoms with Gasteiger partial charge in [0.25, 0.3) is 0 Å². The van der Waals surface area contributed by atoms with Crippen LogP contribution in [0.25, 0.3) is 0 Å². The summed E-state index contributed by atoms with van der Waals surface area (Å²) in [6, 6.07) is 0. The summed E-state index contributed by atoms with van der Waals surface area (Å²) in [5, 5.41) is 0.699. The Bertz CT molecular complexity index is 232. The Hall–Kier alpha value is 0.285. The summed E-state index contributed by atoms with van der Waals surface area (Å²) >= 11 is 0. The fourth-order valence-electron chi connectivity index (χ4n) is 2.79. The van der Waals surface area contributed by atoms with Gasteiger partial charge in [-0.05, 0) is 32.7 Å². The Balaban J connectivity index is 3.06. The van der Waals surface area contributed by atoms with Crippen LogP contribution in [0.2, 0.25) is 11.0 Å². The summed E-state index contributed by atoms with van der Waals surface area (Å²) < 4.78 is 0. The highest BCUT2D eigenvalue weighted by Gasteiger charge is 2.52. The molecule has 1 nitrogen and oxygen atoms in total. The summed E-state index contributed by atoms with van der Waals surface area (Å²) in [5.74, 6) is 0.775. The van der Waals surface area contributed by atoms with Crippen molar-refractivity contribution in [1.82, 2.24) is 4.90 Å². The molecule has 0 saturated carbocycles. The molecule has 0 radical (unpaired) electrons. The molecule has 1 saturated heterocycles. The molecule has 1 aliphatic heterocycles. The minimum atomic E-state index is 0.283. The molecule has 0 aromatic carbocycles. The molecule has 74 valence electrons. The molecule has 0 aromatic rings. The van der Waals surface area contributed by atoms with Crippen molar-refractivity contribution in [3.63, 3.8) is 0 Å². The number of hydrogen-bond acceptors (Lipinski definition) is 1. The van der Waals surface area contributed by atoms with Crippen molar-refractivity contribution in [3.05, 3.63) is 0 Å². The average molecular weight is 186 g/mol. The van der Waals surface area contributed by atoms with Crippen LogP contribution in [0.15, 0.2) is 0 Å². The van der Waals surface area contributed by atoms with Crippen molar-refractivity contribution in [3.8, 4) is 0 Å². The molecular weight excluding hydrogens is 164 g/mol. The second kappa shape index (κ2) is 3.14. The summed E-state index contributed by atoms with van der Waals surface area (Å²) in [4.78, 5) is 2.66. The van der Waals surface area contributed by atoms with Crippen LogP contribution in [-0.4, -0.2) is 61.6 Å². The quantitative estimate of drug-likeness (QED) is 0.361. The normalized spacial score (nSPS) is 31.8. The number of likely N-dealkylation sites (tertiary alicyclic amines) is 1. The van der Waals surface area contributed by atoms with E-state index in [0.717, 1.165) is 5.82 Å². The van der Waals surface area contributed by atoms with E-state index in [4.69, 9.17) is 0 Å². The average Bonchev–Trinajstić information content (AvgIpc) is 2.09. The second-order valence-electron chi connectivity index (χ2n) is 6.96. The fraction of sp³-hybridized carbons (Fsp3) is 1.00. The maximum absolute atomic E-state index is 2.66. The van der Waals surface area contributed by atoms with Gasteiger partial charge in [0.2, 0.25) is 0 Å². The van der Waals surface area contributed by atoms with Crippen molar-refractivity contribution in [2.45, 2.75) is 42.7 Å².